The number of hydrogen-bond acceptors (Lipinski definition) is 4. The molecule has 0 radical (unpaired) electrons. The Morgan fingerprint density at radius 1 is 1.12 bits per heavy atom. The van der Waals surface area contributed by atoms with E-state index >= 15 is 0 Å². The zero-order valence-electron chi connectivity index (χ0n) is 13.9. The SMILES string of the molecule is CC[C@H](c1ccccc1)c1nnc(NC(=O)Nc2ccc(Cl)cc2Cl)s1. The monoisotopic (exact) mass is 406 g/mol. The van der Waals surface area contributed by atoms with E-state index in [4.69, 9.17) is 23.2 Å². The van der Waals surface area contributed by atoms with Crippen LogP contribution in [-0.2, 0) is 0 Å². The number of aromatic nitrogens is 2. The van der Waals surface area contributed by atoms with Crippen LogP contribution in [0.3, 0.4) is 0 Å². The molecule has 1 heterocycles. The lowest BCUT2D eigenvalue weighted by molar-refractivity contribution is 0.262. The van der Waals surface area contributed by atoms with Crippen molar-refractivity contribution in [2.75, 3.05) is 10.6 Å². The van der Waals surface area contributed by atoms with Crippen molar-refractivity contribution in [3.8, 4) is 0 Å². The van der Waals surface area contributed by atoms with Crippen molar-refractivity contribution in [1.29, 1.82) is 0 Å². The first-order chi connectivity index (χ1) is 12.6. The summed E-state index contributed by atoms with van der Waals surface area (Å²) in [5, 5.41) is 15.8. The Morgan fingerprint density at radius 2 is 1.88 bits per heavy atom. The van der Waals surface area contributed by atoms with Crippen LogP contribution >= 0.6 is 34.5 Å². The van der Waals surface area contributed by atoms with Crippen LogP contribution in [0.25, 0.3) is 0 Å². The molecule has 2 aromatic carbocycles. The number of urea groups is 1. The first kappa shape index (κ1) is 18.6. The zero-order valence-corrected chi connectivity index (χ0v) is 16.2. The number of hydrogen-bond donors (Lipinski definition) is 2. The van der Waals surface area contributed by atoms with Crippen LogP contribution in [0.4, 0.5) is 15.6 Å². The Hall–Kier alpha value is -2.15. The Labute approximate surface area is 165 Å². The first-order valence-electron chi connectivity index (χ1n) is 7.98. The van der Waals surface area contributed by atoms with Gasteiger partial charge in [0.15, 0.2) is 0 Å². The van der Waals surface area contributed by atoms with Gasteiger partial charge in [-0.3, -0.25) is 5.32 Å². The number of nitrogens with one attached hydrogen (secondary N) is 2. The summed E-state index contributed by atoms with van der Waals surface area (Å²) >= 11 is 13.3. The summed E-state index contributed by atoms with van der Waals surface area (Å²) in [4.78, 5) is 12.2. The number of carbonyl (C=O) groups excluding carboxylic acids is 1. The van der Waals surface area contributed by atoms with Gasteiger partial charge in [-0.15, -0.1) is 10.2 Å². The minimum Gasteiger partial charge on any atom is -0.306 e. The molecular formula is C18H16Cl2N4OS. The highest BCUT2D eigenvalue weighted by Crippen LogP contribution is 2.31. The van der Waals surface area contributed by atoms with Gasteiger partial charge in [-0.05, 0) is 30.2 Å². The Bertz CT molecular complexity index is 901. The lowest BCUT2D eigenvalue weighted by Crippen LogP contribution is -2.19. The fraction of sp³-hybridized carbons (Fsp3) is 0.167. The molecule has 1 aromatic heterocycles. The van der Waals surface area contributed by atoms with Gasteiger partial charge >= 0.3 is 6.03 Å². The topological polar surface area (TPSA) is 66.9 Å². The smallest absolute Gasteiger partial charge is 0.306 e. The van der Waals surface area contributed by atoms with E-state index in [1.54, 1.807) is 18.2 Å². The van der Waals surface area contributed by atoms with E-state index < -0.39 is 6.03 Å². The minimum absolute atomic E-state index is 0.151. The molecule has 0 saturated carbocycles. The molecule has 134 valence electrons. The number of nitrogens with zero attached hydrogens (tertiary/aromatic N) is 2. The average molecular weight is 407 g/mol. The zero-order chi connectivity index (χ0) is 18.5. The van der Waals surface area contributed by atoms with E-state index in [1.807, 2.05) is 18.2 Å². The largest absolute Gasteiger partial charge is 0.325 e. The van der Waals surface area contributed by atoms with Gasteiger partial charge in [0.2, 0.25) is 5.13 Å². The maximum Gasteiger partial charge on any atom is 0.325 e. The van der Waals surface area contributed by atoms with E-state index in [0.717, 1.165) is 11.4 Å². The van der Waals surface area contributed by atoms with Crippen LogP contribution in [0.5, 0.6) is 0 Å². The van der Waals surface area contributed by atoms with E-state index in [0.29, 0.717) is 20.9 Å². The van der Waals surface area contributed by atoms with Gasteiger partial charge < -0.3 is 5.32 Å². The maximum atomic E-state index is 12.2. The summed E-state index contributed by atoms with van der Waals surface area (Å²) < 4.78 is 0. The third-order valence-corrected chi connectivity index (χ3v) is 5.25. The van der Waals surface area contributed by atoms with Crippen LogP contribution in [0.1, 0.15) is 29.8 Å². The third-order valence-electron chi connectivity index (χ3n) is 3.75. The summed E-state index contributed by atoms with van der Waals surface area (Å²) in [6.45, 7) is 2.10. The molecule has 3 aromatic rings. The lowest BCUT2D eigenvalue weighted by Gasteiger charge is -2.11. The van der Waals surface area contributed by atoms with Gasteiger partial charge in [-0.1, -0.05) is 71.8 Å². The highest BCUT2D eigenvalue weighted by molar-refractivity contribution is 7.15. The van der Waals surface area contributed by atoms with E-state index in [2.05, 4.69) is 39.9 Å². The van der Waals surface area contributed by atoms with Gasteiger partial charge in [-0.25, -0.2) is 4.79 Å². The van der Waals surface area contributed by atoms with Crippen LogP contribution in [0.2, 0.25) is 10.0 Å². The van der Waals surface area contributed by atoms with Gasteiger partial charge in [0.25, 0.3) is 0 Å². The van der Waals surface area contributed by atoms with Crippen molar-refractivity contribution >= 4 is 51.4 Å². The maximum absolute atomic E-state index is 12.2. The van der Waals surface area contributed by atoms with Gasteiger partial charge in [0, 0.05) is 10.9 Å². The molecule has 5 nitrogen and oxygen atoms in total. The molecule has 0 aliphatic heterocycles. The van der Waals surface area contributed by atoms with Gasteiger partial charge in [-0.2, -0.15) is 0 Å². The normalized spacial score (nSPS) is 11.8. The van der Waals surface area contributed by atoms with Gasteiger partial charge in [0.05, 0.1) is 10.7 Å². The highest BCUT2D eigenvalue weighted by atomic mass is 35.5. The number of halogens is 2. The average Bonchev–Trinajstić information content (AvgIpc) is 3.07. The molecular weight excluding hydrogens is 391 g/mol. The van der Waals surface area contributed by atoms with Crippen LogP contribution in [0, 0.1) is 0 Å². The number of amides is 2. The second kappa shape index (κ2) is 8.49. The molecule has 0 aliphatic rings. The Balaban J connectivity index is 1.68. The first-order valence-corrected chi connectivity index (χ1v) is 9.55. The fourth-order valence-electron chi connectivity index (χ4n) is 2.51. The quantitative estimate of drug-likeness (QED) is 0.543. The standard InChI is InChI=1S/C18H16Cl2N4OS/c1-2-13(11-6-4-3-5-7-11)16-23-24-18(26-16)22-17(25)21-15-9-8-12(19)10-14(15)20/h3-10,13H,2H2,1H3,(H2,21,22,24,25)/t13-/m1/s1. The molecule has 0 aliphatic carbocycles. The molecule has 0 saturated heterocycles. The Morgan fingerprint density at radius 3 is 2.58 bits per heavy atom. The van der Waals surface area contributed by atoms with Crippen molar-refractivity contribution in [3.63, 3.8) is 0 Å². The minimum atomic E-state index is -0.440. The number of benzene rings is 2. The summed E-state index contributed by atoms with van der Waals surface area (Å²) in [7, 11) is 0. The van der Waals surface area contributed by atoms with Crippen LogP contribution in [-0.4, -0.2) is 16.2 Å². The summed E-state index contributed by atoms with van der Waals surface area (Å²) in [6.07, 6.45) is 0.894. The van der Waals surface area contributed by atoms with E-state index in [9.17, 15) is 4.79 Å². The second-order valence-corrected chi connectivity index (χ2v) is 7.37. The molecule has 26 heavy (non-hydrogen) atoms. The van der Waals surface area contributed by atoms with Crippen molar-refractivity contribution in [2.45, 2.75) is 19.3 Å². The molecule has 8 heteroatoms. The second-order valence-electron chi connectivity index (χ2n) is 5.52. The molecule has 0 unspecified atom stereocenters. The molecule has 2 N–H and O–H groups in total. The van der Waals surface area contributed by atoms with Crippen molar-refractivity contribution in [3.05, 3.63) is 69.1 Å². The van der Waals surface area contributed by atoms with E-state index in [1.165, 1.54) is 16.9 Å². The Kier molecular flexibility index (Phi) is 6.08. The van der Waals surface area contributed by atoms with Crippen molar-refractivity contribution in [2.24, 2.45) is 0 Å². The molecule has 0 spiro atoms. The number of rotatable bonds is 5. The lowest BCUT2D eigenvalue weighted by atomic mass is 9.97. The number of carbonyl (C=O) groups is 1. The number of anilines is 2. The predicted octanol–water partition coefficient (Wildman–Crippen LogP) is 6.03. The van der Waals surface area contributed by atoms with Gasteiger partial charge in [0.1, 0.15) is 5.01 Å². The van der Waals surface area contributed by atoms with E-state index in [-0.39, 0.29) is 5.92 Å². The molecule has 1 atom stereocenters. The predicted molar refractivity (Wildman–Crippen MR) is 108 cm³/mol. The van der Waals surface area contributed by atoms with Crippen molar-refractivity contribution in [1.82, 2.24) is 10.2 Å². The molecule has 0 fully saturated rings. The van der Waals surface area contributed by atoms with Crippen molar-refractivity contribution < 1.29 is 4.79 Å². The van der Waals surface area contributed by atoms with Crippen LogP contribution in [0.15, 0.2) is 48.5 Å². The van der Waals surface area contributed by atoms with Crippen LogP contribution < -0.4 is 10.6 Å². The summed E-state index contributed by atoms with van der Waals surface area (Å²) in [5.41, 5.74) is 1.64. The summed E-state index contributed by atoms with van der Waals surface area (Å²) in [6, 6.07) is 14.5. The highest BCUT2D eigenvalue weighted by Gasteiger charge is 2.18. The molecule has 2 amide bonds. The summed E-state index contributed by atoms with van der Waals surface area (Å²) in [5.74, 6) is 0.151. The third kappa shape index (κ3) is 4.52. The fourth-order valence-corrected chi connectivity index (χ4v) is 3.91. The molecule has 3 rings (SSSR count). The molecule has 0 bridgehead atoms.